The van der Waals surface area contributed by atoms with Crippen molar-refractivity contribution in [1.82, 2.24) is 9.38 Å². The van der Waals surface area contributed by atoms with Crippen LogP contribution in [0.1, 0.15) is 30.7 Å². The molecule has 1 unspecified atom stereocenters. The number of nitrogens with zero attached hydrogens (tertiary/aromatic N) is 2. The Morgan fingerprint density at radius 2 is 1.96 bits per heavy atom. The van der Waals surface area contributed by atoms with Gasteiger partial charge >= 0.3 is 5.97 Å². The van der Waals surface area contributed by atoms with E-state index in [1.165, 1.54) is 5.56 Å². The second kappa shape index (κ2) is 6.87. The number of benzene rings is 1. The maximum atomic E-state index is 11.5. The quantitative estimate of drug-likeness (QED) is 0.690. The molecule has 3 rings (SSSR count). The van der Waals surface area contributed by atoms with Crippen LogP contribution in [0.5, 0.6) is 0 Å². The van der Waals surface area contributed by atoms with Crippen LogP contribution in [0.2, 0.25) is 0 Å². The van der Waals surface area contributed by atoms with Gasteiger partial charge < -0.3 is 9.51 Å². The second-order valence-electron chi connectivity index (χ2n) is 5.30. The van der Waals surface area contributed by atoms with Crippen LogP contribution < -0.4 is 0 Å². The lowest BCUT2D eigenvalue weighted by atomic mass is 10.1. The van der Waals surface area contributed by atoms with Gasteiger partial charge in [0.1, 0.15) is 16.8 Å². The van der Waals surface area contributed by atoms with Gasteiger partial charge in [-0.15, -0.1) is 0 Å². The summed E-state index contributed by atoms with van der Waals surface area (Å²) in [6.45, 7) is 1.87. The zero-order valence-electron chi connectivity index (χ0n) is 12.8. The van der Waals surface area contributed by atoms with E-state index in [2.05, 4.69) is 17.1 Å². The molecule has 0 aliphatic carbocycles. The van der Waals surface area contributed by atoms with Crippen molar-refractivity contribution in [2.75, 3.05) is 0 Å². The van der Waals surface area contributed by atoms with Crippen molar-refractivity contribution in [2.45, 2.75) is 30.0 Å². The lowest BCUT2D eigenvalue weighted by Gasteiger charge is -2.07. The molecule has 0 saturated heterocycles. The van der Waals surface area contributed by atoms with Gasteiger partial charge in [-0.3, -0.25) is 4.79 Å². The molecule has 4 nitrogen and oxygen atoms in total. The summed E-state index contributed by atoms with van der Waals surface area (Å²) in [4.78, 5) is 16.1. The summed E-state index contributed by atoms with van der Waals surface area (Å²) in [7, 11) is 0. The Bertz CT molecular complexity index is 814. The monoisotopic (exact) mass is 326 g/mol. The van der Waals surface area contributed by atoms with Gasteiger partial charge in [-0.25, -0.2) is 4.98 Å². The van der Waals surface area contributed by atoms with Crippen LogP contribution in [0.25, 0.3) is 5.52 Å². The van der Waals surface area contributed by atoms with Gasteiger partial charge in [0.25, 0.3) is 0 Å². The van der Waals surface area contributed by atoms with E-state index < -0.39 is 11.9 Å². The topological polar surface area (TPSA) is 54.6 Å². The summed E-state index contributed by atoms with van der Waals surface area (Å²) in [5.74, 6) is -0.00359. The first-order valence-corrected chi connectivity index (χ1v) is 8.55. The summed E-state index contributed by atoms with van der Waals surface area (Å²) < 4.78 is 1.90. The number of aliphatic carboxylic acids is 1. The van der Waals surface area contributed by atoms with Crippen LogP contribution in [-0.4, -0.2) is 20.5 Å². The average Bonchev–Trinajstić information content (AvgIpc) is 2.93. The van der Waals surface area contributed by atoms with E-state index in [1.807, 2.05) is 53.9 Å². The molecule has 3 aromatic rings. The number of hydrogen-bond donors (Lipinski definition) is 1. The smallest absolute Gasteiger partial charge is 0.314 e. The minimum atomic E-state index is -0.831. The first-order chi connectivity index (χ1) is 11.2. The van der Waals surface area contributed by atoms with Crippen molar-refractivity contribution in [2.24, 2.45) is 0 Å². The average molecular weight is 326 g/mol. The third-order valence-corrected chi connectivity index (χ3v) is 4.83. The van der Waals surface area contributed by atoms with Crippen LogP contribution in [0.15, 0.2) is 59.8 Å². The molecule has 23 heavy (non-hydrogen) atoms. The van der Waals surface area contributed by atoms with E-state index in [-0.39, 0.29) is 0 Å². The van der Waals surface area contributed by atoms with Crippen LogP contribution >= 0.6 is 11.8 Å². The van der Waals surface area contributed by atoms with Crippen molar-refractivity contribution < 1.29 is 9.90 Å². The highest BCUT2D eigenvalue weighted by Crippen LogP contribution is 2.30. The Balaban J connectivity index is 1.96. The highest BCUT2D eigenvalue weighted by Gasteiger charge is 2.24. The normalized spacial score (nSPS) is 12.4. The fraction of sp³-hybridized carbons (Fsp3) is 0.222. The van der Waals surface area contributed by atoms with E-state index in [4.69, 9.17) is 0 Å². The third-order valence-electron chi connectivity index (χ3n) is 3.78. The molecule has 0 bridgehead atoms. The maximum Gasteiger partial charge on any atom is 0.314 e. The number of fused-ring (bicyclic) bond motifs is 1. The Labute approximate surface area is 139 Å². The van der Waals surface area contributed by atoms with E-state index in [1.54, 1.807) is 11.8 Å². The standard InChI is InChI=1S/C18H18N2O2S/c1-2-14(18(21)22)16-19-17(15-10-6-7-11-20(15)16)23-12-13-8-4-3-5-9-13/h3-11,14H,2,12H2,1H3,(H,21,22). The number of imidazole rings is 1. The highest BCUT2D eigenvalue weighted by atomic mass is 32.2. The van der Waals surface area contributed by atoms with E-state index in [9.17, 15) is 9.90 Å². The van der Waals surface area contributed by atoms with Gasteiger partial charge in [-0.2, -0.15) is 0 Å². The van der Waals surface area contributed by atoms with Crippen molar-refractivity contribution >= 4 is 23.2 Å². The molecular weight excluding hydrogens is 308 g/mol. The summed E-state index contributed by atoms with van der Waals surface area (Å²) in [5.41, 5.74) is 2.18. The Morgan fingerprint density at radius 1 is 1.22 bits per heavy atom. The van der Waals surface area contributed by atoms with Crippen molar-refractivity contribution in [3.63, 3.8) is 0 Å². The molecule has 0 fully saturated rings. The lowest BCUT2D eigenvalue weighted by molar-refractivity contribution is -0.139. The summed E-state index contributed by atoms with van der Waals surface area (Å²) >= 11 is 1.64. The summed E-state index contributed by atoms with van der Waals surface area (Å²) in [6, 6.07) is 16.0. The number of hydrogen-bond acceptors (Lipinski definition) is 3. The summed E-state index contributed by atoms with van der Waals surface area (Å²) in [6.07, 6.45) is 2.40. The molecule has 118 valence electrons. The van der Waals surface area contributed by atoms with Crippen molar-refractivity contribution in [1.29, 1.82) is 0 Å². The van der Waals surface area contributed by atoms with Crippen LogP contribution in [0.4, 0.5) is 0 Å². The number of rotatable bonds is 6. The lowest BCUT2D eigenvalue weighted by Crippen LogP contribution is -2.13. The SMILES string of the molecule is CCC(C(=O)O)c1nc(SCc2ccccc2)c2ccccn12. The third kappa shape index (κ3) is 3.24. The predicted molar refractivity (Wildman–Crippen MR) is 91.9 cm³/mol. The predicted octanol–water partition coefficient (Wildman–Crippen LogP) is 4.20. The van der Waals surface area contributed by atoms with E-state index >= 15 is 0 Å². The Morgan fingerprint density at radius 3 is 2.65 bits per heavy atom. The molecule has 2 aromatic heterocycles. The number of carbonyl (C=O) groups is 1. The maximum absolute atomic E-state index is 11.5. The van der Waals surface area contributed by atoms with Gasteiger partial charge in [-0.1, -0.05) is 55.1 Å². The van der Waals surface area contributed by atoms with Crippen LogP contribution in [0, 0.1) is 0 Å². The first kappa shape index (κ1) is 15.6. The van der Waals surface area contributed by atoms with Gasteiger partial charge in [0.15, 0.2) is 0 Å². The van der Waals surface area contributed by atoms with Crippen LogP contribution in [-0.2, 0) is 10.5 Å². The van der Waals surface area contributed by atoms with Gasteiger partial charge in [-0.05, 0) is 24.1 Å². The largest absolute Gasteiger partial charge is 0.481 e. The number of thioether (sulfide) groups is 1. The number of pyridine rings is 1. The zero-order valence-corrected chi connectivity index (χ0v) is 13.7. The van der Waals surface area contributed by atoms with E-state index in [0.717, 1.165) is 16.3 Å². The van der Waals surface area contributed by atoms with Gasteiger partial charge in [0.2, 0.25) is 0 Å². The molecule has 0 saturated carbocycles. The minimum absolute atomic E-state index is 0.520. The van der Waals surface area contributed by atoms with E-state index in [0.29, 0.717) is 12.2 Å². The summed E-state index contributed by atoms with van der Waals surface area (Å²) in [5, 5.41) is 10.3. The van der Waals surface area contributed by atoms with Gasteiger partial charge in [0, 0.05) is 11.9 Å². The molecule has 2 heterocycles. The molecule has 1 aromatic carbocycles. The second-order valence-corrected chi connectivity index (χ2v) is 6.27. The number of aromatic nitrogens is 2. The Hall–Kier alpha value is -2.27. The molecule has 0 aliphatic heterocycles. The fourth-order valence-electron chi connectivity index (χ4n) is 2.58. The minimum Gasteiger partial charge on any atom is -0.481 e. The molecule has 0 aliphatic rings. The highest BCUT2D eigenvalue weighted by molar-refractivity contribution is 7.98. The van der Waals surface area contributed by atoms with Crippen LogP contribution in [0.3, 0.4) is 0 Å². The van der Waals surface area contributed by atoms with Gasteiger partial charge in [0.05, 0.1) is 5.52 Å². The van der Waals surface area contributed by atoms with Crippen molar-refractivity contribution in [3.05, 3.63) is 66.1 Å². The zero-order chi connectivity index (χ0) is 16.2. The molecule has 0 amide bonds. The number of carboxylic acids is 1. The molecule has 0 spiro atoms. The fourth-order valence-corrected chi connectivity index (χ4v) is 3.55. The first-order valence-electron chi connectivity index (χ1n) is 7.57. The molecule has 0 radical (unpaired) electrons. The molecule has 5 heteroatoms. The Kier molecular flexibility index (Phi) is 4.67. The molecular formula is C18H18N2O2S. The number of carboxylic acid groups (broad SMARTS) is 1. The van der Waals surface area contributed by atoms with Crippen molar-refractivity contribution in [3.8, 4) is 0 Å². The molecule has 1 atom stereocenters. The molecule has 1 N–H and O–H groups in total.